The summed E-state index contributed by atoms with van der Waals surface area (Å²) in [5, 5.41) is 4.36. The minimum Gasteiger partial charge on any atom is -0.323 e. The van der Waals surface area contributed by atoms with Gasteiger partial charge in [0.05, 0.1) is 26.8 Å². The maximum atomic E-state index is 12.4. The number of hydrogen-bond donors (Lipinski definition) is 1. The van der Waals surface area contributed by atoms with Crippen molar-refractivity contribution in [3.63, 3.8) is 0 Å². The van der Waals surface area contributed by atoms with Crippen LogP contribution in [0.2, 0.25) is 15.1 Å². The van der Waals surface area contributed by atoms with Crippen LogP contribution in [0.4, 0.5) is 5.69 Å². The largest absolute Gasteiger partial charge is 0.323 e. The van der Waals surface area contributed by atoms with Gasteiger partial charge in [-0.05, 0) is 37.7 Å². The number of halogens is 3. The fourth-order valence-corrected chi connectivity index (χ4v) is 2.64. The quantitative estimate of drug-likeness (QED) is 0.792. The lowest BCUT2D eigenvalue weighted by atomic mass is 10.2. The zero-order valence-electron chi connectivity index (χ0n) is 12.8. The predicted octanol–water partition coefficient (Wildman–Crippen LogP) is 5.11. The van der Waals surface area contributed by atoms with Crippen molar-refractivity contribution in [1.29, 1.82) is 0 Å². The summed E-state index contributed by atoms with van der Waals surface area (Å²) in [6, 6.07) is 12.2. The summed E-state index contributed by atoms with van der Waals surface area (Å²) in [6.45, 7) is 2.33. The van der Waals surface area contributed by atoms with Gasteiger partial charge in [-0.15, -0.1) is 0 Å². The molecule has 1 amide bonds. The Morgan fingerprint density at radius 2 is 1.74 bits per heavy atom. The second kappa shape index (κ2) is 8.02. The van der Waals surface area contributed by atoms with E-state index in [0.717, 1.165) is 5.56 Å². The topological polar surface area (TPSA) is 32.3 Å². The van der Waals surface area contributed by atoms with Gasteiger partial charge >= 0.3 is 0 Å². The molecule has 0 aliphatic carbocycles. The highest BCUT2D eigenvalue weighted by Gasteiger charge is 2.20. The Morgan fingerprint density at radius 3 is 2.43 bits per heavy atom. The summed E-state index contributed by atoms with van der Waals surface area (Å²) in [6.07, 6.45) is 0. The summed E-state index contributed by atoms with van der Waals surface area (Å²) >= 11 is 18.3. The van der Waals surface area contributed by atoms with Crippen molar-refractivity contribution in [3.8, 4) is 0 Å². The molecule has 0 aliphatic rings. The summed E-state index contributed by atoms with van der Waals surface area (Å²) < 4.78 is 0. The Labute approximate surface area is 151 Å². The molecule has 0 saturated heterocycles. The minimum atomic E-state index is -0.360. The highest BCUT2D eigenvalue weighted by molar-refractivity contribution is 6.42. The monoisotopic (exact) mass is 370 g/mol. The molecule has 0 bridgehead atoms. The van der Waals surface area contributed by atoms with E-state index in [9.17, 15) is 4.79 Å². The van der Waals surface area contributed by atoms with Crippen LogP contribution in [0.1, 0.15) is 12.5 Å². The SMILES string of the molecule is CC(C(=O)Nc1ccccc1Cl)N(C)Cc1cccc(Cl)c1Cl. The molecule has 2 aromatic rings. The van der Waals surface area contributed by atoms with Crippen molar-refractivity contribution < 1.29 is 4.79 Å². The number of nitrogens with one attached hydrogen (secondary N) is 1. The summed E-state index contributed by atoms with van der Waals surface area (Å²) in [5.74, 6) is -0.140. The number of para-hydroxylation sites is 1. The van der Waals surface area contributed by atoms with Crippen LogP contribution in [0, 0.1) is 0 Å². The number of hydrogen-bond acceptors (Lipinski definition) is 2. The Hall–Kier alpha value is -1.26. The standard InChI is InChI=1S/C17H17Cl3N2O/c1-11(17(23)21-15-9-4-3-7-13(15)18)22(2)10-12-6-5-8-14(19)16(12)20/h3-9,11H,10H2,1-2H3,(H,21,23). The number of likely N-dealkylation sites (N-methyl/N-ethyl adjacent to an activating group) is 1. The first-order valence-electron chi connectivity index (χ1n) is 7.08. The number of anilines is 1. The predicted molar refractivity (Wildman–Crippen MR) is 97.5 cm³/mol. The summed E-state index contributed by atoms with van der Waals surface area (Å²) in [5.41, 5.74) is 1.47. The van der Waals surface area contributed by atoms with Gasteiger partial charge in [-0.1, -0.05) is 59.1 Å². The van der Waals surface area contributed by atoms with Gasteiger partial charge in [0.2, 0.25) is 5.91 Å². The van der Waals surface area contributed by atoms with Gasteiger partial charge in [0.1, 0.15) is 0 Å². The van der Waals surface area contributed by atoms with Crippen LogP contribution in [0.15, 0.2) is 42.5 Å². The average Bonchev–Trinajstić information content (AvgIpc) is 2.53. The van der Waals surface area contributed by atoms with Gasteiger partial charge in [-0.2, -0.15) is 0 Å². The van der Waals surface area contributed by atoms with Crippen LogP contribution >= 0.6 is 34.8 Å². The van der Waals surface area contributed by atoms with Crippen LogP contribution in [-0.2, 0) is 11.3 Å². The van der Waals surface area contributed by atoms with Crippen molar-refractivity contribution in [2.24, 2.45) is 0 Å². The first-order chi connectivity index (χ1) is 10.9. The number of benzene rings is 2. The molecule has 0 spiro atoms. The van der Waals surface area contributed by atoms with Crippen LogP contribution in [-0.4, -0.2) is 23.9 Å². The lowest BCUT2D eigenvalue weighted by Crippen LogP contribution is -2.39. The van der Waals surface area contributed by atoms with Gasteiger partial charge in [-0.3, -0.25) is 9.69 Å². The van der Waals surface area contributed by atoms with Crippen molar-refractivity contribution >= 4 is 46.4 Å². The van der Waals surface area contributed by atoms with Crippen molar-refractivity contribution in [2.75, 3.05) is 12.4 Å². The van der Waals surface area contributed by atoms with Crippen molar-refractivity contribution in [2.45, 2.75) is 19.5 Å². The van der Waals surface area contributed by atoms with E-state index in [4.69, 9.17) is 34.8 Å². The number of nitrogens with zero attached hydrogens (tertiary/aromatic N) is 1. The van der Waals surface area contributed by atoms with Crippen molar-refractivity contribution in [1.82, 2.24) is 4.90 Å². The van der Waals surface area contributed by atoms with Crippen molar-refractivity contribution in [3.05, 3.63) is 63.1 Å². The van der Waals surface area contributed by atoms with E-state index in [1.54, 1.807) is 18.2 Å². The average molecular weight is 372 g/mol. The van der Waals surface area contributed by atoms with Gasteiger partial charge in [0.25, 0.3) is 0 Å². The molecule has 0 radical (unpaired) electrons. The number of rotatable bonds is 5. The molecule has 1 N–H and O–H groups in total. The molecular weight excluding hydrogens is 355 g/mol. The zero-order valence-corrected chi connectivity index (χ0v) is 15.1. The number of carbonyl (C=O) groups is 1. The molecule has 2 aromatic carbocycles. The summed E-state index contributed by atoms with van der Waals surface area (Å²) in [7, 11) is 1.86. The van der Waals surface area contributed by atoms with Gasteiger partial charge in [0, 0.05) is 6.54 Å². The van der Waals surface area contributed by atoms with Gasteiger partial charge in [-0.25, -0.2) is 0 Å². The maximum Gasteiger partial charge on any atom is 0.241 e. The highest BCUT2D eigenvalue weighted by Crippen LogP contribution is 2.27. The van der Waals surface area contributed by atoms with Crippen LogP contribution < -0.4 is 5.32 Å². The van der Waals surface area contributed by atoms with E-state index >= 15 is 0 Å². The molecule has 1 unspecified atom stereocenters. The first-order valence-corrected chi connectivity index (χ1v) is 8.22. The molecule has 0 fully saturated rings. The first kappa shape index (κ1) is 18.1. The van der Waals surface area contributed by atoms with Gasteiger partial charge in [0.15, 0.2) is 0 Å². The molecule has 3 nitrogen and oxygen atoms in total. The number of carbonyl (C=O) groups excluding carboxylic acids is 1. The number of amides is 1. The third-order valence-electron chi connectivity index (χ3n) is 3.62. The normalized spacial score (nSPS) is 12.3. The molecule has 23 heavy (non-hydrogen) atoms. The lowest BCUT2D eigenvalue weighted by Gasteiger charge is -2.24. The summed E-state index contributed by atoms with van der Waals surface area (Å²) in [4.78, 5) is 14.3. The lowest BCUT2D eigenvalue weighted by molar-refractivity contribution is -0.120. The van der Waals surface area contributed by atoms with Crippen LogP contribution in [0.25, 0.3) is 0 Å². The Kier molecular flexibility index (Phi) is 6.31. The second-order valence-corrected chi connectivity index (χ2v) is 6.47. The van der Waals surface area contributed by atoms with E-state index < -0.39 is 0 Å². The highest BCUT2D eigenvalue weighted by atomic mass is 35.5. The Morgan fingerprint density at radius 1 is 1.09 bits per heavy atom. The van der Waals surface area contributed by atoms with E-state index in [1.807, 2.05) is 43.1 Å². The molecule has 0 saturated carbocycles. The molecule has 0 aromatic heterocycles. The molecule has 0 aliphatic heterocycles. The van der Waals surface area contributed by atoms with Gasteiger partial charge < -0.3 is 5.32 Å². The molecule has 2 rings (SSSR count). The van der Waals surface area contributed by atoms with Crippen LogP contribution in [0.3, 0.4) is 0 Å². The molecule has 1 atom stereocenters. The van der Waals surface area contributed by atoms with E-state index in [2.05, 4.69) is 5.32 Å². The minimum absolute atomic E-state index is 0.140. The Bertz CT molecular complexity index is 706. The Balaban J connectivity index is 2.04. The third-order valence-corrected chi connectivity index (χ3v) is 4.81. The fourth-order valence-electron chi connectivity index (χ4n) is 2.08. The van der Waals surface area contributed by atoms with E-state index in [0.29, 0.717) is 27.3 Å². The van der Waals surface area contributed by atoms with E-state index in [-0.39, 0.29) is 11.9 Å². The zero-order chi connectivity index (χ0) is 17.0. The fraction of sp³-hybridized carbons (Fsp3) is 0.235. The second-order valence-electron chi connectivity index (χ2n) is 5.27. The molecule has 6 heteroatoms. The van der Waals surface area contributed by atoms with E-state index in [1.165, 1.54) is 0 Å². The molecule has 122 valence electrons. The molecular formula is C17H17Cl3N2O. The maximum absolute atomic E-state index is 12.4. The molecule has 0 heterocycles. The van der Waals surface area contributed by atoms with Crippen LogP contribution in [0.5, 0.6) is 0 Å². The smallest absolute Gasteiger partial charge is 0.241 e. The third kappa shape index (κ3) is 4.61.